The van der Waals surface area contributed by atoms with Gasteiger partial charge in [-0.15, -0.1) is 0 Å². The molecule has 1 fully saturated rings. The van der Waals surface area contributed by atoms with Crippen LogP contribution in [0.15, 0.2) is 24.3 Å². The summed E-state index contributed by atoms with van der Waals surface area (Å²) in [5, 5.41) is 0. The standard InChI is InChI=1S/C15H22N/c1-13-6-8-15(9-7-13)12-14(2)16-10-4-3-5-11-16/h4,6-9,14H,3,5,10-12H2,1-2H3. The molecular weight excluding hydrogens is 194 g/mol. The molecule has 1 unspecified atom stereocenters. The van der Waals surface area contributed by atoms with Gasteiger partial charge in [0.15, 0.2) is 0 Å². The third kappa shape index (κ3) is 3.08. The van der Waals surface area contributed by atoms with Crippen LogP contribution in [0.4, 0.5) is 0 Å². The molecule has 0 saturated carbocycles. The highest BCUT2D eigenvalue weighted by atomic mass is 15.1. The first-order valence-electron chi connectivity index (χ1n) is 6.37. The molecule has 1 heterocycles. The maximum absolute atomic E-state index is 2.59. The minimum atomic E-state index is 0.666. The van der Waals surface area contributed by atoms with E-state index in [9.17, 15) is 0 Å². The lowest BCUT2D eigenvalue weighted by atomic mass is 10.0. The van der Waals surface area contributed by atoms with Crippen LogP contribution in [0.2, 0.25) is 0 Å². The van der Waals surface area contributed by atoms with Gasteiger partial charge in [0, 0.05) is 12.6 Å². The molecule has 0 bridgehead atoms. The molecule has 0 N–H and O–H groups in total. The lowest BCUT2D eigenvalue weighted by Crippen LogP contribution is -2.38. The van der Waals surface area contributed by atoms with Gasteiger partial charge in [-0.05, 0) is 51.6 Å². The predicted octanol–water partition coefficient (Wildman–Crippen LogP) is 3.23. The maximum Gasteiger partial charge on any atom is 0.0107 e. The Bertz CT molecular complexity index is 309. The van der Waals surface area contributed by atoms with Gasteiger partial charge in [0.1, 0.15) is 0 Å². The highest BCUT2D eigenvalue weighted by molar-refractivity contribution is 5.22. The number of hydrogen-bond donors (Lipinski definition) is 0. The fraction of sp³-hybridized carbons (Fsp3) is 0.533. The number of likely N-dealkylation sites (tertiary alicyclic amines) is 1. The van der Waals surface area contributed by atoms with Gasteiger partial charge >= 0.3 is 0 Å². The molecule has 1 aromatic carbocycles. The van der Waals surface area contributed by atoms with Gasteiger partial charge in [-0.25, -0.2) is 0 Å². The molecule has 0 aliphatic carbocycles. The van der Waals surface area contributed by atoms with Crippen molar-refractivity contribution in [2.75, 3.05) is 13.1 Å². The topological polar surface area (TPSA) is 3.24 Å². The van der Waals surface area contributed by atoms with Crippen LogP contribution in [-0.2, 0) is 6.42 Å². The Kier molecular flexibility index (Phi) is 4.00. The van der Waals surface area contributed by atoms with Crippen molar-refractivity contribution in [3.63, 3.8) is 0 Å². The van der Waals surface area contributed by atoms with E-state index in [2.05, 4.69) is 49.4 Å². The average Bonchev–Trinajstić information content (AvgIpc) is 2.33. The fourth-order valence-corrected chi connectivity index (χ4v) is 2.38. The van der Waals surface area contributed by atoms with Crippen molar-refractivity contribution in [2.24, 2.45) is 0 Å². The Morgan fingerprint density at radius 1 is 1.25 bits per heavy atom. The van der Waals surface area contributed by atoms with Crippen molar-refractivity contribution in [3.8, 4) is 0 Å². The van der Waals surface area contributed by atoms with Gasteiger partial charge in [0.2, 0.25) is 0 Å². The fourth-order valence-electron chi connectivity index (χ4n) is 2.38. The van der Waals surface area contributed by atoms with Crippen molar-refractivity contribution in [1.82, 2.24) is 4.90 Å². The van der Waals surface area contributed by atoms with Gasteiger partial charge in [-0.3, -0.25) is 0 Å². The minimum Gasteiger partial charge on any atom is -0.300 e. The highest BCUT2D eigenvalue weighted by Crippen LogP contribution is 2.15. The summed E-state index contributed by atoms with van der Waals surface area (Å²) in [6.07, 6.45) is 6.22. The van der Waals surface area contributed by atoms with E-state index in [1.54, 1.807) is 0 Å². The third-order valence-electron chi connectivity index (χ3n) is 3.49. The van der Waals surface area contributed by atoms with E-state index >= 15 is 0 Å². The van der Waals surface area contributed by atoms with E-state index in [0.29, 0.717) is 6.04 Å². The summed E-state index contributed by atoms with van der Waals surface area (Å²) in [4.78, 5) is 2.59. The lowest BCUT2D eigenvalue weighted by molar-refractivity contribution is 0.199. The minimum absolute atomic E-state index is 0.666. The second-order valence-corrected chi connectivity index (χ2v) is 4.96. The molecule has 1 aromatic rings. The summed E-state index contributed by atoms with van der Waals surface area (Å²) in [7, 11) is 0. The second-order valence-electron chi connectivity index (χ2n) is 4.96. The van der Waals surface area contributed by atoms with Crippen LogP contribution >= 0.6 is 0 Å². The van der Waals surface area contributed by atoms with E-state index in [1.165, 1.54) is 43.5 Å². The molecule has 0 spiro atoms. The van der Waals surface area contributed by atoms with Crippen LogP contribution in [0.1, 0.15) is 30.9 Å². The van der Waals surface area contributed by atoms with Gasteiger partial charge in [0.25, 0.3) is 0 Å². The van der Waals surface area contributed by atoms with Crippen LogP contribution in [0, 0.1) is 13.3 Å². The zero-order chi connectivity index (χ0) is 11.4. The molecular formula is C15H22N. The van der Waals surface area contributed by atoms with Crippen LogP contribution < -0.4 is 0 Å². The molecule has 2 rings (SSSR count). The van der Waals surface area contributed by atoms with Crippen LogP contribution in [0.3, 0.4) is 0 Å². The number of piperidine rings is 1. The Morgan fingerprint density at radius 2 is 2.00 bits per heavy atom. The van der Waals surface area contributed by atoms with E-state index in [-0.39, 0.29) is 0 Å². The Morgan fingerprint density at radius 3 is 2.62 bits per heavy atom. The van der Waals surface area contributed by atoms with Gasteiger partial charge in [0.05, 0.1) is 0 Å². The van der Waals surface area contributed by atoms with Crippen molar-refractivity contribution in [2.45, 2.75) is 39.2 Å². The molecule has 1 nitrogen and oxygen atoms in total. The number of rotatable bonds is 3. The molecule has 1 aliphatic heterocycles. The average molecular weight is 216 g/mol. The van der Waals surface area contributed by atoms with E-state index in [0.717, 1.165) is 0 Å². The predicted molar refractivity (Wildman–Crippen MR) is 69.5 cm³/mol. The van der Waals surface area contributed by atoms with Gasteiger partial charge in [-0.2, -0.15) is 0 Å². The normalized spacial score (nSPS) is 19.6. The summed E-state index contributed by atoms with van der Waals surface area (Å²) in [6.45, 7) is 6.93. The maximum atomic E-state index is 2.59. The smallest absolute Gasteiger partial charge is 0.0107 e. The van der Waals surface area contributed by atoms with Crippen LogP contribution in [0.5, 0.6) is 0 Å². The molecule has 1 saturated heterocycles. The number of nitrogens with zero attached hydrogens (tertiary/aromatic N) is 1. The lowest BCUT2D eigenvalue weighted by Gasteiger charge is -2.32. The van der Waals surface area contributed by atoms with Crippen molar-refractivity contribution in [1.29, 1.82) is 0 Å². The third-order valence-corrected chi connectivity index (χ3v) is 3.49. The summed E-state index contributed by atoms with van der Waals surface area (Å²) < 4.78 is 0. The van der Waals surface area contributed by atoms with Crippen LogP contribution in [0.25, 0.3) is 0 Å². The van der Waals surface area contributed by atoms with E-state index in [1.807, 2.05) is 0 Å². The highest BCUT2D eigenvalue weighted by Gasteiger charge is 2.16. The zero-order valence-electron chi connectivity index (χ0n) is 10.4. The second kappa shape index (κ2) is 5.49. The molecule has 87 valence electrons. The van der Waals surface area contributed by atoms with Crippen LogP contribution in [-0.4, -0.2) is 24.0 Å². The monoisotopic (exact) mass is 216 g/mol. The van der Waals surface area contributed by atoms with Gasteiger partial charge in [-0.1, -0.05) is 29.8 Å². The molecule has 1 heteroatoms. The summed E-state index contributed by atoms with van der Waals surface area (Å²) in [6, 6.07) is 9.62. The zero-order valence-corrected chi connectivity index (χ0v) is 10.4. The Balaban J connectivity index is 1.90. The number of benzene rings is 1. The van der Waals surface area contributed by atoms with Crippen molar-refractivity contribution in [3.05, 3.63) is 41.8 Å². The van der Waals surface area contributed by atoms with E-state index in [4.69, 9.17) is 0 Å². The van der Waals surface area contributed by atoms with Gasteiger partial charge < -0.3 is 4.90 Å². The quantitative estimate of drug-likeness (QED) is 0.750. The number of hydrogen-bond acceptors (Lipinski definition) is 1. The molecule has 1 aliphatic rings. The first kappa shape index (κ1) is 11.7. The Hall–Kier alpha value is -0.820. The largest absolute Gasteiger partial charge is 0.300 e. The summed E-state index contributed by atoms with van der Waals surface area (Å²) in [5.74, 6) is 0. The van der Waals surface area contributed by atoms with E-state index < -0.39 is 0 Å². The molecule has 16 heavy (non-hydrogen) atoms. The first-order chi connectivity index (χ1) is 7.75. The molecule has 0 amide bonds. The summed E-state index contributed by atoms with van der Waals surface area (Å²) >= 11 is 0. The summed E-state index contributed by atoms with van der Waals surface area (Å²) in [5.41, 5.74) is 2.81. The first-order valence-corrected chi connectivity index (χ1v) is 6.37. The molecule has 1 radical (unpaired) electrons. The number of aryl methyl sites for hydroxylation is 1. The molecule has 1 atom stereocenters. The Labute approximate surface area is 99.5 Å². The SMILES string of the molecule is Cc1ccc(CC(C)N2C[CH]CCC2)cc1. The molecule has 0 aromatic heterocycles. The van der Waals surface area contributed by atoms with Crippen molar-refractivity contribution >= 4 is 0 Å². The van der Waals surface area contributed by atoms with Crippen molar-refractivity contribution < 1.29 is 0 Å².